The smallest absolute Gasteiger partial charge is 0.328 e. The van der Waals surface area contributed by atoms with E-state index < -0.39 is 18.1 Å². The summed E-state index contributed by atoms with van der Waals surface area (Å²) < 4.78 is 4.80. The van der Waals surface area contributed by atoms with Crippen LogP contribution in [-0.4, -0.2) is 84.9 Å². The zero-order valence-corrected chi connectivity index (χ0v) is 23.7. The van der Waals surface area contributed by atoms with Crippen LogP contribution in [0.15, 0.2) is 11.6 Å². The molecule has 3 unspecified atom stereocenters. The van der Waals surface area contributed by atoms with Crippen molar-refractivity contribution in [1.29, 1.82) is 0 Å². The van der Waals surface area contributed by atoms with E-state index in [0.29, 0.717) is 12.0 Å². The molecule has 0 saturated carbocycles. The Kier molecular flexibility index (Phi) is 13.1. The molecule has 36 heavy (non-hydrogen) atoms. The predicted octanol–water partition coefficient (Wildman–Crippen LogP) is 2.50. The Bertz CT molecular complexity index is 793. The van der Waals surface area contributed by atoms with Crippen molar-refractivity contribution >= 4 is 23.7 Å². The van der Waals surface area contributed by atoms with Gasteiger partial charge in [-0.3, -0.25) is 19.3 Å². The van der Waals surface area contributed by atoms with Gasteiger partial charge in [0.1, 0.15) is 12.1 Å². The van der Waals surface area contributed by atoms with Gasteiger partial charge in [-0.25, -0.2) is 4.79 Å². The van der Waals surface area contributed by atoms with Crippen LogP contribution in [-0.2, 0) is 23.9 Å². The Balaban J connectivity index is 2.83. The van der Waals surface area contributed by atoms with Gasteiger partial charge in [-0.15, -0.1) is 0 Å². The monoisotopic (exact) mass is 508 g/mol. The second-order valence-corrected chi connectivity index (χ2v) is 10.9. The molecule has 9 nitrogen and oxygen atoms in total. The van der Waals surface area contributed by atoms with E-state index in [0.717, 1.165) is 25.8 Å². The van der Waals surface area contributed by atoms with Crippen LogP contribution in [0.25, 0.3) is 0 Å². The fourth-order valence-electron chi connectivity index (χ4n) is 4.41. The van der Waals surface area contributed by atoms with Crippen molar-refractivity contribution < 1.29 is 23.9 Å². The van der Waals surface area contributed by atoms with E-state index in [1.165, 1.54) is 12.0 Å². The maximum Gasteiger partial charge on any atom is 0.328 e. The molecule has 1 rings (SSSR count). The van der Waals surface area contributed by atoms with Crippen LogP contribution < -0.4 is 10.6 Å². The van der Waals surface area contributed by atoms with E-state index in [2.05, 4.69) is 29.4 Å². The molecule has 3 amide bonds. The lowest BCUT2D eigenvalue weighted by atomic mass is 9.97. The van der Waals surface area contributed by atoms with Gasteiger partial charge in [0, 0.05) is 25.2 Å². The van der Waals surface area contributed by atoms with Gasteiger partial charge < -0.3 is 20.3 Å². The largest absolute Gasteiger partial charge is 0.467 e. The first kappa shape index (κ1) is 31.6. The Morgan fingerprint density at radius 2 is 1.69 bits per heavy atom. The summed E-state index contributed by atoms with van der Waals surface area (Å²) in [7, 11) is 2.95. The van der Waals surface area contributed by atoms with Crippen molar-refractivity contribution in [2.75, 3.05) is 27.2 Å². The fourth-order valence-corrected chi connectivity index (χ4v) is 4.41. The van der Waals surface area contributed by atoms with Crippen LogP contribution in [0.1, 0.15) is 74.1 Å². The average molecular weight is 509 g/mol. The van der Waals surface area contributed by atoms with Crippen LogP contribution in [0, 0.1) is 11.8 Å². The molecule has 0 aliphatic carbocycles. The van der Waals surface area contributed by atoms with E-state index in [9.17, 15) is 19.2 Å². The van der Waals surface area contributed by atoms with Crippen molar-refractivity contribution in [3.63, 3.8) is 0 Å². The zero-order valence-electron chi connectivity index (χ0n) is 23.7. The first-order valence-corrected chi connectivity index (χ1v) is 13.2. The van der Waals surface area contributed by atoms with E-state index in [-0.39, 0.29) is 48.2 Å². The Labute approximate surface area is 217 Å². The van der Waals surface area contributed by atoms with Gasteiger partial charge >= 0.3 is 5.97 Å². The van der Waals surface area contributed by atoms with Gasteiger partial charge in [-0.1, -0.05) is 40.2 Å². The molecule has 1 fully saturated rings. The first-order chi connectivity index (χ1) is 16.8. The third-order valence-electron chi connectivity index (χ3n) is 6.64. The maximum absolute atomic E-state index is 13.2. The molecule has 1 saturated heterocycles. The summed E-state index contributed by atoms with van der Waals surface area (Å²) in [5.74, 6) is -1.07. The minimum Gasteiger partial charge on any atom is -0.467 e. The van der Waals surface area contributed by atoms with Crippen molar-refractivity contribution in [2.24, 2.45) is 11.8 Å². The van der Waals surface area contributed by atoms with Crippen molar-refractivity contribution in [3.8, 4) is 0 Å². The topological polar surface area (TPSA) is 108 Å². The summed E-state index contributed by atoms with van der Waals surface area (Å²) in [6.07, 6.45) is 4.99. The number of nitrogens with zero attached hydrogens (tertiary/aromatic N) is 2. The lowest BCUT2D eigenvalue weighted by Crippen LogP contribution is -2.57. The molecule has 3 atom stereocenters. The van der Waals surface area contributed by atoms with E-state index in [1.807, 2.05) is 27.7 Å². The van der Waals surface area contributed by atoms with E-state index in [1.54, 1.807) is 20.0 Å². The number of ether oxygens (including phenoxy) is 1. The van der Waals surface area contributed by atoms with Crippen LogP contribution in [0.3, 0.4) is 0 Å². The van der Waals surface area contributed by atoms with Crippen LogP contribution >= 0.6 is 0 Å². The molecule has 1 aliphatic heterocycles. The molecule has 206 valence electrons. The van der Waals surface area contributed by atoms with Gasteiger partial charge in [0.05, 0.1) is 13.2 Å². The number of rotatable bonds is 12. The molecule has 2 N–H and O–H groups in total. The summed E-state index contributed by atoms with van der Waals surface area (Å²) in [6.45, 7) is 14.7. The number of carbonyl (C=O) groups excluding carboxylic acids is 4. The minimum absolute atomic E-state index is 0.0924. The third kappa shape index (κ3) is 9.56. The van der Waals surface area contributed by atoms with Gasteiger partial charge in [-0.05, 0) is 58.4 Å². The standard InChI is InChI=1S/C27H48N4O5/c1-17(2)16-21(27(35)36-9)28-24(32)20(7)13-15-30(8)26(34)23(18(3)4)29-25(33)22-12-10-11-14-31(22)19(5)6/h13,17-19,21-23H,10-12,14-16H2,1-9H3,(H,28,32)(H,29,33)/b20-13+. The van der Waals surface area contributed by atoms with Crippen LogP contribution in [0.2, 0.25) is 0 Å². The molecule has 9 heteroatoms. The molecule has 0 spiro atoms. The molecule has 0 aromatic heterocycles. The molecule has 1 aliphatic rings. The zero-order chi connectivity index (χ0) is 27.6. The highest BCUT2D eigenvalue weighted by atomic mass is 16.5. The van der Waals surface area contributed by atoms with Crippen molar-refractivity contribution in [1.82, 2.24) is 20.4 Å². The van der Waals surface area contributed by atoms with Gasteiger partial charge in [0.2, 0.25) is 17.7 Å². The van der Waals surface area contributed by atoms with Gasteiger partial charge in [-0.2, -0.15) is 0 Å². The highest BCUT2D eigenvalue weighted by molar-refractivity contribution is 5.96. The van der Waals surface area contributed by atoms with E-state index >= 15 is 0 Å². The lowest BCUT2D eigenvalue weighted by Gasteiger charge is -2.38. The first-order valence-electron chi connectivity index (χ1n) is 13.2. The number of likely N-dealkylation sites (N-methyl/N-ethyl adjacent to an activating group) is 1. The number of likely N-dealkylation sites (tertiary alicyclic amines) is 1. The number of hydrogen-bond acceptors (Lipinski definition) is 6. The van der Waals surface area contributed by atoms with Crippen LogP contribution in [0.4, 0.5) is 0 Å². The molecule has 0 aromatic carbocycles. The minimum atomic E-state index is -0.726. The van der Waals surface area contributed by atoms with Gasteiger partial charge in [0.15, 0.2) is 0 Å². The second-order valence-electron chi connectivity index (χ2n) is 10.9. The number of carbonyl (C=O) groups is 4. The average Bonchev–Trinajstić information content (AvgIpc) is 2.83. The summed E-state index contributed by atoms with van der Waals surface area (Å²) in [4.78, 5) is 54.7. The third-order valence-corrected chi connectivity index (χ3v) is 6.64. The lowest BCUT2D eigenvalue weighted by molar-refractivity contribution is -0.145. The van der Waals surface area contributed by atoms with E-state index in [4.69, 9.17) is 4.74 Å². The molecule has 0 bridgehead atoms. The molecular weight excluding hydrogens is 460 g/mol. The number of amides is 3. The number of hydrogen-bond donors (Lipinski definition) is 2. The molecular formula is C27H48N4O5. The Morgan fingerprint density at radius 1 is 1.06 bits per heavy atom. The number of piperidine rings is 1. The number of esters is 1. The number of nitrogens with one attached hydrogen (secondary N) is 2. The number of methoxy groups -OCH3 is 1. The fraction of sp³-hybridized carbons (Fsp3) is 0.778. The quantitative estimate of drug-likeness (QED) is 0.310. The molecule has 1 heterocycles. The summed E-state index contributed by atoms with van der Waals surface area (Å²) >= 11 is 0. The Morgan fingerprint density at radius 3 is 2.22 bits per heavy atom. The molecule has 0 radical (unpaired) electrons. The second kappa shape index (κ2) is 15.0. The Hall–Kier alpha value is -2.42. The highest BCUT2D eigenvalue weighted by Gasteiger charge is 2.34. The highest BCUT2D eigenvalue weighted by Crippen LogP contribution is 2.20. The normalized spacial score (nSPS) is 18.7. The summed E-state index contributed by atoms with van der Waals surface area (Å²) in [5.41, 5.74) is 0.396. The van der Waals surface area contributed by atoms with Gasteiger partial charge in [0.25, 0.3) is 0 Å². The van der Waals surface area contributed by atoms with Crippen molar-refractivity contribution in [3.05, 3.63) is 11.6 Å². The predicted molar refractivity (Wildman–Crippen MR) is 141 cm³/mol. The molecule has 0 aromatic rings. The van der Waals surface area contributed by atoms with Crippen molar-refractivity contribution in [2.45, 2.75) is 98.3 Å². The summed E-state index contributed by atoms with van der Waals surface area (Å²) in [5, 5.41) is 5.72. The maximum atomic E-state index is 13.2. The van der Waals surface area contributed by atoms with Crippen LogP contribution in [0.5, 0.6) is 0 Å². The summed E-state index contributed by atoms with van der Waals surface area (Å²) in [6, 6.07) is -1.35. The SMILES string of the molecule is COC(=O)C(CC(C)C)NC(=O)/C(C)=C/CN(C)C(=O)C(NC(=O)C1CCCCN1C(C)C)C(C)C.